The van der Waals surface area contributed by atoms with Crippen LogP contribution >= 0.6 is 15.6 Å². The average Bonchev–Trinajstić information content (AvgIpc) is 3.43. The van der Waals surface area contributed by atoms with E-state index in [9.17, 15) is 43.2 Å². The van der Waals surface area contributed by atoms with Gasteiger partial charge in [0, 0.05) is 25.7 Å². The molecule has 0 heterocycles. The maximum absolute atomic E-state index is 13.0. The van der Waals surface area contributed by atoms with Gasteiger partial charge >= 0.3 is 39.5 Å². The Bertz CT molecular complexity index is 1960. The Balaban J connectivity index is 5.31. The van der Waals surface area contributed by atoms with Crippen LogP contribution in [0.4, 0.5) is 0 Å². The lowest BCUT2D eigenvalue weighted by molar-refractivity contribution is -0.161. The third-order valence-corrected chi connectivity index (χ3v) is 17.4. The van der Waals surface area contributed by atoms with Crippen molar-refractivity contribution in [3.8, 4) is 0 Å². The largest absolute Gasteiger partial charge is 0.472 e. The third kappa shape index (κ3) is 65.5. The second kappa shape index (κ2) is 63.1. The predicted molar refractivity (Wildman–Crippen MR) is 367 cm³/mol. The standard InChI is InChI=1S/C72H132O17P2/c1-7-9-11-13-15-17-19-21-23-25-27-29-36-42-48-54-69(74)82-60-67(89-72(77)57-51-45-38-32-31-34-40-46-52-64(3)4)62-86-90(78,79)84-58-66(73)59-85-91(80,81)87-63-68(61-83-70(75)55-49-43-39-33-35-41-47-53-65(5)6)88-71(76)56-50-44-37-30-28-26-24-22-20-18-16-14-12-10-8-2/h17-24,64-68,73H,7-16,25-63H2,1-6H3,(H,78,79)(H,80,81)/b19-17-,20-18-,23-21-,24-22-/t66?,67-,68-/m1/s1. The number of unbranched alkanes of at least 4 members (excludes halogenated alkanes) is 31. The Kier molecular flexibility index (Phi) is 61.0. The summed E-state index contributed by atoms with van der Waals surface area (Å²) in [5.74, 6) is -0.773. The van der Waals surface area contributed by atoms with Crippen LogP contribution in [-0.4, -0.2) is 96.7 Å². The topological polar surface area (TPSA) is 237 Å². The number of carbonyl (C=O) groups is 4. The van der Waals surface area contributed by atoms with E-state index in [1.165, 1.54) is 96.3 Å². The van der Waals surface area contributed by atoms with Crippen molar-refractivity contribution in [3.05, 3.63) is 48.6 Å². The van der Waals surface area contributed by atoms with Crippen molar-refractivity contribution in [2.75, 3.05) is 39.6 Å². The molecule has 19 heteroatoms. The molecule has 0 aromatic rings. The molecule has 0 aliphatic carbocycles. The van der Waals surface area contributed by atoms with Gasteiger partial charge in [-0.05, 0) is 88.9 Å². The number of carbonyl (C=O) groups excluding carboxylic acids is 4. The third-order valence-electron chi connectivity index (χ3n) is 15.5. The van der Waals surface area contributed by atoms with Crippen LogP contribution in [0.1, 0.15) is 318 Å². The number of phosphoric acid groups is 2. The van der Waals surface area contributed by atoms with E-state index in [-0.39, 0.29) is 25.7 Å². The van der Waals surface area contributed by atoms with Gasteiger partial charge in [-0.3, -0.25) is 37.3 Å². The maximum atomic E-state index is 13.0. The van der Waals surface area contributed by atoms with Gasteiger partial charge in [-0.15, -0.1) is 0 Å². The van der Waals surface area contributed by atoms with E-state index >= 15 is 0 Å². The normalized spacial score (nSPS) is 14.5. The highest BCUT2D eigenvalue weighted by molar-refractivity contribution is 7.47. The van der Waals surface area contributed by atoms with Gasteiger partial charge in [0.2, 0.25) is 0 Å². The number of esters is 4. The van der Waals surface area contributed by atoms with Crippen molar-refractivity contribution in [2.45, 2.75) is 336 Å². The average molecular weight is 1330 g/mol. The summed E-state index contributed by atoms with van der Waals surface area (Å²) in [4.78, 5) is 72.5. The first-order valence-corrected chi connectivity index (χ1v) is 39.1. The van der Waals surface area contributed by atoms with E-state index in [4.69, 9.17) is 37.0 Å². The van der Waals surface area contributed by atoms with Crippen LogP contribution in [0.5, 0.6) is 0 Å². The molecule has 0 amide bonds. The minimum Gasteiger partial charge on any atom is -0.462 e. The lowest BCUT2D eigenvalue weighted by Crippen LogP contribution is -2.30. The molecule has 532 valence electrons. The maximum Gasteiger partial charge on any atom is 0.472 e. The Morgan fingerprint density at radius 1 is 0.341 bits per heavy atom. The van der Waals surface area contributed by atoms with Gasteiger partial charge in [0.1, 0.15) is 19.3 Å². The monoisotopic (exact) mass is 1330 g/mol. The summed E-state index contributed by atoms with van der Waals surface area (Å²) in [6.07, 6.45) is 54.5. The quantitative estimate of drug-likeness (QED) is 0.0169. The van der Waals surface area contributed by atoms with Crippen LogP contribution in [0.2, 0.25) is 0 Å². The van der Waals surface area contributed by atoms with E-state index in [0.29, 0.717) is 37.5 Å². The first kappa shape index (κ1) is 88.0. The first-order chi connectivity index (χ1) is 43.9. The molecule has 0 fully saturated rings. The molecule has 0 radical (unpaired) electrons. The van der Waals surface area contributed by atoms with Gasteiger partial charge in [-0.25, -0.2) is 9.13 Å². The summed E-state index contributed by atoms with van der Waals surface area (Å²) >= 11 is 0. The molecule has 0 saturated heterocycles. The van der Waals surface area contributed by atoms with Gasteiger partial charge < -0.3 is 33.8 Å². The number of aliphatic hydroxyl groups is 1. The van der Waals surface area contributed by atoms with Crippen LogP contribution in [0.15, 0.2) is 48.6 Å². The molecular weight excluding hydrogens is 1200 g/mol. The van der Waals surface area contributed by atoms with Gasteiger partial charge in [0.05, 0.1) is 26.4 Å². The highest BCUT2D eigenvalue weighted by atomic mass is 31.2. The number of hydrogen-bond acceptors (Lipinski definition) is 15. The first-order valence-electron chi connectivity index (χ1n) is 36.1. The van der Waals surface area contributed by atoms with Gasteiger partial charge in [-0.1, -0.05) is 264 Å². The molecule has 3 unspecified atom stereocenters. The number of ether oxygens (including phenoxy) is 4. The Morgan fingerprint density at radius 3 is 0.890 bits per heavy atom. The van der Waals surface area contributed by atoms with E-state index in [2.05, 4.69) is 90.2 Å². The van der Waals surface area contributed by atoms with Crippen molar-refractivity contribution in [1.29, 1.82) is 0 Å². The molecule has 17 nitrogen and oxygen atoms in total. The van der Waals surface area contributed by atoms with Crippen LogP contribution in [-0.2, 0) is 65.4 Å². The highest BCUT2D eigenvalue weighted by Crippen LogP contribution is 2.45. The fourth-order valence-corrected chi connectivity index (χ4v) is 11.4. The highest BCUT2D eigenvalue weighted by Gasteiger charge is 2.30. The molecule has 0 aliphatic rings. The number of rotatable bonds is 67. The van der Waals surface area contributed by atoms with Crippen LogP contribution in [0, 0.1) is 11.8 Å². The number of hydrogen-bond donors (Lipinski definition) is 3. The van der Waals surface area contributed by atoms with E-state index in [0.717, 1.165) is 128 Å². The van der Waals surface area contributed by atoms with Crippen LogP contribution < -0.4 is 0 Å². The molecule has 0 saturated carbocycles. The summed E-state index contributed by atoms with van der Waals surface area (Å²) in [5, 5.41) is 10.6. The predicted octanol–water partition coefficient (Wildman–Crippen LogP) is 19.9. The van der Waals surface area contributed by atoms with Crippen LogP contribution in [0.3, 0.4) is 0 Å². The zero-order chi connectivity index (χ0) is 67.2. The number of allylic oxidation sites excluding steroid dienone is 8. The molecule has 0 aromatic heterocycles. The van der Waals surface area contributed by atoms with Crippen molar-refractivity contribution in [2.24, 2.45) is 11.8 Å². The Morgan fingerprint density at radius 2 is 0.593 bits per heavy atom. The van der Waals surface area contributed by atoms with Crippen molar-refractivity contribution < 1.29 is 80.2 Å². The SMILES string of the molecule is CCCCCC/C=C\C=C/CCCCCCCC(=O)OC[C@H](COP(=O)(O)OCC(O)COP(=O)(O)OC[C@@H](COC(=O)CCCCCCCCCC(C)C)OC(=O)CCCCCCC/C=C\C=C/CCCCCC)OC(=O)CCCCCCCCCCC(C)C. The lowest BCUT2D eigenvalue weighted by Gasteiger charge is -2.21. The van der Waals surface area contributed by atoms with Gasteiger partial charge in [-0.2, -0.15) is 0 Å². The summed E-state index contributed by atoms with van der Waals surface area (Å²) in [6.45, 7) is 9.32. The molecule has 5 atom stereocenters. The molecule has 91 heavy (non-hydrogen) atoms. The zero-order valence-electron chi connectivity index (χ0n) is 58.1. The van der Waals surface area contributed by atoms with Crippen molar-refractivity contribution in [3.63, 3.8) is 0 Å². The smallest absolute Gasteiger partial charge is 0.462 e. The summed E-state index contributed by atoms with van der Waals surface area (Å²) < 4.78 is 68.2. The summed E-state index contributed by atoms with van der Waals surface area (Å²) in [6, 6.07) is 0. The number of phosphoric ester groups is 2. The molecule has 0 spiro atoms. The minimum atomic E-state index is -4.96. The second-order valence-electron chi connectivity index (χ2n) is 25.6. The fraction of sp³-hybridized carbons (Fsp3) is 0.833. The summed E-state index contributed by atoms with van der Waals surface area (Å²) in [7, 11) is -9.93. The number of aliphatic hydroxyl groups excluding tert-OH is 1. The summed E-state index contributed by atoms with van der Waals surface area (Å²) in [5.41, 5.74) is 0. The molecule has 0 aliphatic heterocycles. The molecule has 3 N–H and O–H groups in total. The second-order valence-corrected chi connectivity index (χ2v) is 28.5. The van der Waals surface area contributed by atoms with Gasteiger partial charge in [0.15, 0.2) is 12.2 Å². The van der Waals surface area contributed by atoms with E-state index < -0.39 is 97.5 Å². The van der Waals surface area contributed by atoms with Crippen LogP contribution in [0.25, 0.3) is 0 Å². The van der Waals surface area contributed by atoms with Crippen molar-refractivity contribution in [1.82, 2.24) is 0 Å². The lowest BCUT2D eigenvalue weighted by atomic mass is 10.0. The minimum absolute atomic E-state index is 0.0816. The zero-order valence-corrected chi connectivity index (χ0v) is 59.9. The van der Waals surface area contributed by atoms with E-state index in [1.807, 2.05) is 0 Å². The molecule has 0 rings (SSSR count). The molecule has 0 aromatic carbocycles. The molecular formula is C72H132O17P2. The van der Waals surface area contributed by atoms with E-state index in [1.54, 1.807) is 0 Å². The molecule has 0 bridgehead atoms. The van der Waals surface area contributed by atoms with Gasteiger partial charge in [0.25, 0.3) is 0 Å². The Hall–Kier alpha value is -2.98. The van der Waals surface area contributed by atoms with Crippen molar-refractivity contribution >= 4 is 39.5 Å². The Labute approximate surface area is 553 Å². The fourth-order valence-electron chi connectivity index (χ4n) is 9.87.